The van der Waals surface area contributed by atoms with E-state index in [4.69, 9.17) is 27.9 Å². The Morgan fingerprint density at radius 3 is 2.84 bits per heavy atom. The van der Waals surface area contributed by atoms with Crippen molar-refractivity contribution in [2.45, 2.75) is 6.10 Å². The van der Waals surface area contributed by atoms with Gasteiger partial charge in [-0.05, 0) is 24.3 Å². The predicted molar refractivity (Wildman–Crippen MR) is 94.7 cm³/mol. The van der Waals surface area contributed by atoms with Gasteiger partial charge in [-0.2, -0.15) is 0 Å². The Hall–Kier alpha value is -2.02. The highest BCUT2D eigenvalue weighted by molar-refractivity contribution is 6.35. The van der Waals surface area contributed by atoms with Crippen molar-refractivity contribution >= 4 is 40.2 Å². The SMILES string of the molecule is Fc1cc(C2CN(c3ccc4nccnc4n3)CCO2)c(Cl)cc1Cl. The number of rotatable bonds is 2. The van der Waals surface area contributed by atoms with Gasteiger partial charge in [0.2, 0.25) is 0 Å². The van der Waals surface area contributed by atoms with E-state index in [-0.39, 0.29) is 11.1 Å². The molecule has 0 aliphatic carbocycles. The lowest BCUT2D eigenvalue weighted by atomic mass is 10.1. The molecule has 0 N–H and O–H groups in total. The summed E-state index contributed by atoms with van der Waals surface area (Å²) in [5.74, 6) is 0.257. The van der Waals surface area contributed by atoms with Crippen LogP contribution in [-0.4, -0.2) is 34.6 Å². The number of fused-ring (bicyclic) bond motifs is 1. The lowest BCUT2D eigenvalue weighted by Gasteiger charge is -2.34. The fraction of sp³-hybridized carbons (Fsp3) is 0.235. The van der Waals surface area contributed by atoms with Crippen LogP contribution < -0.4 is 4.90 Å². The van der Waals surface area contributed by atoms with Crippen molar-refractivity contribution in [3.8, 4) is 0 Å². The van der Waals surface area contributed by atoms with Gasteiger partial charge in [-0.25, -0.2) is 14.4 Å². The maximum absolute atomic E-state index is 13.8. The van der Waals surface area contributed by atoms with Crippen LogP contribution in [0, 0.1) is 5.82 Å². The Morgan fingerprint density at radius 2 is 1.96 bits per heavy atom. The summed E-state index contributed by atoms with van der Waals surface area (Å²) in [5.41, 5.74) is 1.89. The van der Waals surface area contributed by atoms with Gasteiger partial charge in [-0.3, -0.25) is 4.98 Å². The molecule has 128 valence electrons. The monoisotopic (exact) mass is 378 g/mol. The fourth-order valence-corrected chi connectivity index (χ4v) is 3.36. The van der Waals surface area contributed by atoms with E-state index < -0.39 is 5.82 Å². The number of anilines is 1. The van der Waals surface area contributed by atoms with E-state index in [1.807, 2.05) is 12.1 Å². The molecule has 3 aromatic rings. The average Bonchev–Trinajstić information content (AvgIpc) is 2.64. The van der Waals surface area contributed by atoms with Crippen LogP contribution in [0.2, 0.25) is 10.0 Å². The maximum atomic E-state index is 13.8. The van der Waals surface area contributed by atoms with Gasteiger partial charge in [-0.1, -0.05) is 23.2 Å². The minimum absolute atomic E-state index is 0.00353. The Bertz CT molecular complexity index is 940. The minimum Gasteiger partial charge on any atom is -0.370 e. The Morgan fingerprint density at radius 1 is 1.12 bits per heavy atom. The molecule has 1 atom stereocenters. The molecule has 2 aromatic heterocycles. The van der Waals surface area contributed by atoms with Crippen molar-refractivity contribution in [3.63, 3.8) is 0 Å². The molecule has 1 saturated heterocycles. The summed E-state index contributed by atoms with van der Waals surface area (Å²) in [7, 11) is 0. The summed E-state index contributed by atoms with van der Waals surface area (Å²) >= 11 is 12.0. The number of halogens is 3. The lowest BCUT2D eigenvalue weighted by molar-refractivity contribution is 0.0394. The molecule has 0 saturated carbocycles. The summed E-state index contributed by atoms with van der Waals surface area (Å²) in [4.78, 5) is 15.1. The standard InChI is InChI=1S/C17H13Cl2FN4O/c18-11-8-12(19)13(20)7-10(11)15-9-24(5-6-25-15)16-2-1-14-17(23-16)22-4-3-21-14/h1-4,7-8,15H,5-6,9H2. The first-order valence-corrected chi connectivity index (χ1v) is 8.46. The Labute approximate surface area is 153 Å². The van der Waals surface area contributed by atoms with Crippen LogP contribution in [0.15, 0.2) is 36.7 Å². The van der Waals surface area contributed by atoms with Crippen molar-refractivity contribution in [3.05, 3.63) is 58.1 Å². The van der Waals surface area contributed by atoms with E-state index in [2.05, 4.69) is 19.9 Å². The molecule has 8 heteroatoms. The molecule has 0 amide bonds. The molecule has 25 heavy (non-hydrogen) atoms. The topological polar surface area (TPSA) is 51.1 Å². The highest BCUT2D eigenvalue weighted by Gasteiger charge is 2.26. The molecule has 1 aliphatic heterocycles. The number of benzene rings is 1. The number of ether oxygens (including phenoxy) is 1. The third-order valence-electron chi connectivity index (χ3n) is 4.09. The smallest absolute Gasteiger partial charge is 0.180 e. The first-order chi connectivity index (χ1) is 12.1. The molecule has 1 fully saturated rings. The molecule has 1 aliphatic rings. The van der Waals surface area contributed by atoms with E-state index in [1.165, 1.54) is 12.1 Å². The highest BCUT2D eigenvalue weighted by atomic mass is 35.5. The number of nitrogens with zero attached hydrogens (tertiary/aromatic N) is 4. The largest absolute Gasteiger partial charge is 0.370 e. The second-order valence-electron chi connectivity index (χ2n) is 5.66. The molecule has 0 radical (unpaired) electrons. The number of aromatic nitrogens is 3. The molecule has 3 heterocycles. The van der Waals surface area contributed by atoms with Gasteiger partial charge in [0, 0.05) is 36.1 Å². The van der Waals surface area contributed by atoms with Gasteiger partial charge < -0.3 is 9.64 Å². The number of hydrogen-bond acceptors (Lipinski definition) is 5. The minimum atomic E-state index is -0.513. The van der Waals surface area contributed by atoms with Crippen LogP contribution in [0.3, 0.4) is 0 Å². The van der Waals surface area contributed by atoms with Crippen molar-refractivity contribution in [1.82, 2.24) is 15.0 Å². The van der Waals surface area contributed by atoms with E-state index in [0.717, 1.165) is 11.3 Å². The lowest BCUT2D eigenvalue weighted by Crippen LogP contribution is -2.39. The molecule has 1 aromatic carbocycles. The van der Waals surface area contributed by atoms with Gasteiger partial charge in [0.1, 0.15) is 23.3 Å². The first kappa shape index (κ1) is 16.4. The first-order valence-electron chi connectivity index (χ1n) is 7.70. The van der Waals surface area contributed by atoms with E-state index in [0.29, 0.717) is 35.9 Å². The van der Waals surface area contributed by atoms with E-state index in [1.54, 1.807) is 12.4 Å². The predicted octanol–water partition coefficient (Wildman–Crippen LogP) is 4.05. The third-order valence-corrected chi connectivity index (χ3v) is 4.71. The van der Waals surface area contributed by atoms with Crippen LogP contribution >= 0.6 is 23.2 Å². The Kier molecular flexibility index (Phi) is 4.41. The zero-order chi connectivity index (χ0) is 17.4. The van der Waals surface area contributed by atoms with E-state index >= 15 is 0 Å². The maximum Gasteiger partial charge on any atom is 0.180 e. The van der Waals surface area contributed by atoms with Crippen molar-refractivity contribution in [2.24, 2.45) is 0 Å². The quantitative estimate of drug-likeness (QED) is 0.629. The van der Waals surface area contributed by atoms with Crippen LogP contribution in [0.1, 0.15) is 11.7 Å². The second-order valence-corrected chi connectivity index (χ2v) is 6.48. The fourth-order valence-electron chi connectivity index (χ4n) is 2.85. The zero-order valence-electron chi connectivity index (χ0n) is 13.0. The molecule has 5 nitrogen and oxygen atoms in total. The number of pyridine rings is 1. The van der Waals surface area contributed by atoms with E-state index in [9.17, 15) is 4.39 Å². The number of hydrogen-bond donors (Lipinski definition) is 0. The molecule has 4 rings (SSSR count). The number of morpholine rings is 1. The van der Waals surface area contributed by atoms with Gasteiger partial charge in [0.25, 0.3) is 0 Å². The zero-order valence-corrected chi connectivity index (χ0v) is 14.5. The highest BCUT2D eigenvalue weighted by Crippen LogP contribution is 2.33. The van der Waals surface area contributed by atoms with Crippen molar-refractivity contribution in [2.75, 3.05) is 24.6 Å². The van der Waals surface area contributed by atoms with Crippen LogP contribution in [0.25, 0.3) is 11.2 Å². The van der Waals surface area contributed by atoms with Crippen molar-refractivity contribution in [1.29, 1.82) is 0 Å². The summed E-state index contributed by atoms with van der Waals surface area (Å²) in [6, 6.07) is 6.51. The summed E-state index contributed by atoms with van der Waals surface area (Å²) in [6.45, 7) is 1.65. The van der Waals surface area contributed by atoms with Crippen molar-refractivity contribution < 1.29 is 9.13 Å². The summed E-state index contributed by atoms with van der Waals surface area (Å²) < 4.78 is 19.6. The normalized spacial score (nSPS) is 17.9. The molecular weight excluding hydrogens is 366 g/mol. The van der Waals surface area contributed by atoms with Crippen LogP contribution in [0.4, 0.5) is 10.2 Å². The van der Waals surface area contributed by atoms with Gasteiger partial charge >= 0.3 is 0 Å². The average molecular weight is 379 g/mol. The summed E-state index contributed by atoms with van der Waals surface area (Å²) in [6.07, 6.45) is 2.87. The summed E-state index contributed by atoms with van der Waals surface area (Å²) in [5, 5.41) is 0.381. The molecule has 0 bridgehead atoms. The molecule has 1 unspecified atom stereocenters. The molecular formula is C17H13Cl2FN4O. The van der Waals surface area contributed by atoms with Gasteiger partial charge in [-0.15, -0.1) is 0 Å². The van der Waals surface area contributed by atoms with Crippen LogP contribution in [-0.2, 0) is 4.74 Å². The van der Waals surface area contributed by atoms with Crippen LogP contribution in [0.5, 0.6) is 0 Å². The second kappa shape index (κ2) is 6.71. The van der Waals surface area contributed by atoms with Gasteiger partial charge in [0.15, 0.2) is 5.65 Å². The van der Waals surface area contributed by atoms with Gasteiger partial charge in [0.05, 0.1) is 11.6 Å². The Balaban J connectivity index is 1.63. The third kappa shape index (κ3) is 3.25. The molecule has 0 spiro atoms.